The van der Waals surface area contributed by atoms with Crippen molar-refractivity contribution in [3.8, 4) is 6.07 Å². The minimum atomic E-state index is -0.488. The fourth-order valence-electron chi connectivity index (χ4n) is 3.14. The van der Waals surface area contributed by atoms with Gasteiger partial charge in [-0.15, -0.1) is 0 Å². The van der Waals surface area contributed by atoms with Crippen LogP contribution in [0.2, 0.25) is 0 Å². The molecule has 0 bridgehead atoms. The molecule has 0 spiro atoms. The number of pyridine rings is 1. The number of fused-ring (bicyclic) bond motifs is 1. The number of carbonyl (C=O) groups is 1. The molecule has 1 aromatic carbocycles. The van der Waals surface area contributed by atoms with Gasteiger partial charge in [-0.05, 0) is 25.0 Å². The lowest BCUT2D eigenvalue weighted by molar-refractivity contribution is -0.384. The normalized spacial score (nSPS) is 15.0. The van der Waals surface area contributed by atoms with E-state index < -0.39 is 4.92 Å². The number of hydrogen-bond donors (Lipinski definition) is 1. The molecule has 0 saturated carbocycles. The Morgan fingerprint density at radius 2 is 2.12 bits per heavy atom. The standard InChI is InChI=1S/C17H17N5O3/c1-19-17(23)11-4-6-21(7-5-11)16-8-12(10-18)14-9-13(22(24)25)2-3-15(14)20-16/h2-3,8-9,11H,4-7H2,1H3,(H,19,23). The number of nitrogens with zero attached hydrogens (tertiary/aromatic N) is 4. The number of nitrogens with one attached hydrogen (secondary N) is 1. The molecule has 1 aromatic heterocycles. The number of non-ortho nitro benzene ring substituents is 1. The van der Waals surface area contributed by atoms with Crippen LogP contribution in [-0.4, -0.2) is 36.0 Å². The molecule has 0 aliphatic carbocycles. The van der Waals surface area contributed by atoms with E-state index in [1.807, 2.05) is 4.90 Å². The second kappa shape index (κ2) is 6.73. The van der Waals surface area contributed by atoms with Crippen molar-refractivity contribution in [1.29, 1.82) is 5.26 Å². The molecule has 8 heteroatoms. The van der Waals surface area contributed by atoms with Crippen molar-refractivity contribution in [3.63, 3.8) is 0 Å². The molecule has 25 heavy (non-hydrogen) atoms. The van der Waals surface area contributed by atoms with Crippen molar-refractivity contribution in [2.75, 3.05) is 25.0 Å². The van der Waals surface area contributed by atoms with Gasteiger partial charge in [0.2, 0.25) is 5.91 Å². The number of nitro groups is 1. The van der Waals surface area contributed by atoms with Crippen molar-refractivity contribution in [1.82, 2.24) is 10.3 Å². The van der Waals surface area contributed by atoms with Gasteiger partial charge < -0.3 is 10.2 Å². The van der Waals surface area contributed by atoms with Crippen LogP contribution in [0.4, 0.5) is 11.5 Å². The number of piperidine rings is 1. The fraction of sp³-hybridized carbons (Fsp3) is 0.353. The lowest BCUT2D eigenvalue weighted by atomic mass is 9.96. The molecule has 0 radical (unpaired) electrons. The highest BCUT2D eigenvalue weighted by atomic mass is 16.6. The molecule has 1 aliphatic rings. The average molecular weight is 339 g/mol. The minimum Gasteiger partial charge on any atom is -0.359 e. The van der Waals surface area contributed by atoms with Crippen LogP contribution in [-0.2, 0) is 4.79 Å². The highest BCUT2D eigenvalue weighted by Crippen LogP contribution is 2.28. The molecular formula is C17H17N5O3. The molecule has 1 amide bonds. The average Bonchev–Trinajstić information content (AvgIpc) is 2.66. The van der Waals surface area contributed by atoms with Gasteiger partial charge in [0.05, 0.1) is 22.1 Å². The molecule has 1 saturated heterocycles. The van der Waals surface area contributed by atoms with Crippen LogP contribution < -0.4 is 10.2 Å². The Kier molecular flexibility index (Phi) is 4.48. The summed E-state index contributed by atoms with van der Waals surface area (Å²) in [5.74, 6) is 0.712. The molecule has 3 rings (SSSR count). The van der Waals surface area contributed by atoms with Crippen LogP contribution in [0.15, 0.2) is 24.3 Å². The zero-order chi connectivity index (χ0) is 18.0. The molecule has 2 heterocycles. The van der Waals surface area contributed by atoms with E-state index in [9.17, 15) is 20.2 Å². The molecule has 0 atom stereocenters. The van der Waals surface area contributed by atoms with Crippen LogP contribution in [0.1, 0.15) is 18.4 Å². The minimum absolute atomic E-state index is 0.000191. The predicted molar refractivity (Wildman–Crippen MR) is 92.1 cm³/mol. The Morgan fingerprint density at radius 1 is 1.40 bits per heavy atom. The van der Waals surface area contributed by atoms with Gasteiger partial charge in [-0.3, -0.25) is 14.9 Å². The van der Waals surface area contributed by atoms with Crippen LogP contribution in [0.3, 0.4) is 0 Å². The molecule has 1 N–H and O–H groups in total. The van der Waals surface area contributed by atoms with Crippen molar-refractivity contribution in [3.05, 3.63) is 39.9 Å². The smallest absolute Gasteiger partial charge is 0.270 e. The maximum atomic E-state index is 11.7. The van der Waals surface area contributed by atoms with E-state index in [0.717, 1.165) is 12.8 Å². The van der Waals surface area contributed by atoms with E-state index >= 15 is 0 Å². The summed E-state index contributed by atoms with van der Waals surface area (Å²) in [5, 5.41) is 23.5. The number of carbonyl (C=O) groups excluding carboxylic acids is 1. The lowest BCUT2D eigenvalue weighted by Crippen LogP contribution is -2.39. The van der Waals surface area contributed by atoms with E-state index in [1.165, 1.54) is 12.1 Å². The summed E-state index contributed by atoms with van der Waals surface area (Å²) in [6.07, 6.45) is 1.45. The van der Waals surface area contributed by atoms with Crippen molar-refractivity contribution >= 4 is 28.3 Å². The van der Waals surface area contributed by atoms with E-state index in [-0.39, 0.29) is 17.5 Å². The van der Waals surface area contributed by atoms with Gasteiger partial charge in [0.15, 0.2) is 0 Å². The number of benzene rings is 1. The second-order valence-corrected chi connectivity index (χ2v) is 5.97. The Labute approximate surface area is 144 Å². The maximum Gasteiger partial charge on any atom is 0.270 e. The summed E-state index contributed by atoms with van der Waals surface area (Å²) in [4.78, 5) is 28.8. The van der Waals surface area contributed by atoms with Gasteiger partial charge in [-0.25, -0.2) is 4.98 Å². The molecule has 1 aliphatic heterocycles. The Balaban J connectivity index is 1.91. The summed E-state index contributed by atoms with van der Waals surface area (Å²) < 4.78 is 0. The Hall–Kier alpha value is -3.21. The van der Waals surface area contributed by atoms with Gasteiger partial charge in [0, 0.05) is 43.6 Å². The summed E-state index contributed by atoms with van der Waals surface area (Å²) in [6.45, 7) is 1.35. The van der Waals surface area contributed by atoms with Crippen LogP contribution in [0, 0.1) is 27.4 Å². The summed E-state index contributed by atoms with van der Waals surface area (Å²) in [5.41, 5.74) is 0.843. The monoisotopic (exact) mass is 339 g/mol. The number of hydrogen-bond acceptors (Lipinski definition) is 6. The summed E-state index contributed by atoms with van der Waals surface area (Å²) in [6, 6.07) is 8.09. The summed E-state index contributed by atoms with van der Waals surface area (Å²) in [7, 11) is 1.64. The second-order valence-electron chi connectivity index (χ2n) is 5.97. The van der Waals surface area contributed by atoms with E-state index in [1.54, 1.807) is 19.2 Å². The Morgan fingerprint density at radius 3 is 2.72 bits per heavy atom. The Bertz CT molecular complexity index is 882. The topological polar surface area (TPSA) is 112 Å². The van der Waals surface area contributed by atoms with E-state index in [2.05, 4.69) is 16.4 Å². The van der Waals surface area contributed by atoms with E-state index in [0.29, 0.717) is 35.4 Å². The first-order valence-corrected chi connectivity index (χ1v) is 7.99. The molecular weight excluding hydrogens is 322 g/mol. The third kappa shape index (κ3) is 3.21. The van der Waals surface area contributed by atoms with Gasteiger partial charge in [-0.1, -0.05) is 0 Å². The predicted octanol–water partition coefficient (Wildman–Crippen LogP) is 1.98. The van der Waals surface area contributed by atoms with Crippen LogP contribution in [0.25, 0.3) is 10.9 Å². The SMILES string of the molecule is CNC(=O)C1CCN(c2cc(C#N)c3cc([N+](=O)[O-])ccc3n2)CC1. The fourth-order valence-corrected chi connectivity index (χ4v) is 3.14. The third-order valence-electron chi connectivity index (χ3n) is 4.55. The third-order valence-corrected chi connectivity index (χ3v) is 4.55. The van der Waals surface area contributed by atoms with Gasteiger partial charge >= 0.3 is 0 Å². The molecule has 2 aromatic rings. The first-order chi connectivity index (χ1) is 12.0. The van der Waals surface area contributed by atoms with Crippen LogP contribution in [0.5, 0.6) is 0 Å². The number of rotatable bonds is 3. The maximum absolute atomic E-state index is 11.7. The zero-order valence-corrected chi connectivity index (χ0v) is 13.7. The first-order valence-electron chi connectivity index (χ1n) is 7.99. The zero-order valence-electron chi connectivity index (χ0n) is 13.7. The molecule has 128 valence electrons. The van der Waals surface area contributed by atoms with Crippen LogP contribution >= 0.6 is 0 Å². The number of anilines is 1. The molecule has 8 nitrogen and oxygen atoms in total. The highest BCUT2D eigenvalue weighted by Gasteiger charge is 2.25. The molecule has 1 fully saturated rings. The van der Waals surface area contributed by atoms with Gasteiger partial charge in [0.25, 0.3) is 5.69 Å². The number of nitro benzene ring substituents is 1. The van der Waals surface area contributed by atoms with Crippen molar-refractivity contribution in [2.24, 2.45) is 5.92 Å². The summed E-state index contributed by atoms with van der Waals surface area (Å²) >= 11 is 0. The molecule has 0 unspecified atom stereocenters. The van der Waals surface area contributed by atoms with Crippen molar-refractivity contribution in [2.45, 2.75) is 12.8 Å². The quantitative estimate of drug-likeness (QED) is 0.676. The number of aromatic nitrogens is 1. The number of amides is 1. The van der Waals surface area contributed by atoms with Crippen molar-refractivity contribution < 1.29 is 9.72 Å². The highest BCUT2D eigenvalue weighted by molar-refractivity contribution is 5.88. The van der Waals surface area contributed by atoms with E-state index in [4.69, 9.17) is 0 Å². The number of nitriles is 1. The van der Waals surface area contributed by atoms with Gasteiger partial charge in [-0.2, -0.15) is 5.26 Å². The van der Waals surface area contributed by atoms with Gasteiger partial charge in [0.1, 0.15) is 5.82 Å². The largest absolute Gasteiger partial charge is 0.359 e. The lowest BCUT2D eigenvalue weighted by Gasteiger charge is -2.32. The first kappa shape index (κ1) is 16.6.